The molecular formula is C11H13ClN4S. The predicted molar refractivity (Wildman–Crippen MR) is 68.3 cm³/mol. The second-order valence-electron chi connectivity index (χ2n) is 4.22. The molecule has 0 atom stereocenters. The maximum atomic E-state index is 5.89. The molecule has 90 valence electrons. The van der Waals surface area contributed by atoms with Gasteiger partial charge in [0, 0.05) is 10.9 Å². The van der Waals surface area contributed by atoms with Gasteiger partial charge in [-0.25, -0.2) is 9.67 Å². The molecule has 1 fully saturated rings. The van der Waals surface area contributed by atoms with Crippen molar-refractivity contribution in [3.63, 3.8) is 0 Å². The normalized spacial score (nSPS) is 15.4. The van der Waals surface area contributed by atoms with E-state index < -0.39 is 0 Å². The highest BCUT2D eigenvalue weighted by molar-refractivity contribution is 7.16. The summed E-state index contributed by atoms with van der Waals surface area (Å²) in [5.74, 6) is 0.861. The van der Waals surface area contributed by atoms with E-state index in [1.165, 1.54) is 17.7 Å². The van der Waals surface area contributed by atoms with Crippen LogP contribution in [0.3, 0.4) is 0 Å². The molecule has 1 aliphatic rings. The average Bonchev–Trinajstić information content (AvgIpc) is 2.90. The lowest BCUT2D eigenvalue weighted by Crippen LogP contribution is -2.16. The maximum absolute atomic E-state index is 5.89. The van der Waals surface area contributed by atoms with Gasteiger partial charge in [-0.2, -0.15) is 5.10 Å². The first-order chi connectivity index (χ1) is 8.29. The molecule has 3 rings (SSSR count). The van der Waals surface area contributed by atoms with Crippen molar-refractivity contribution in [2.24, 2.45) is 0 Å². The monoisotopic (exact) mass is 268 g/mol. The lowest BCUT2D eigenvalue weighted by Gasteiger charge is -1.98. The van der Waals surface area contributed by atoms with Crippen molar-refractivity contribution >= 4 is 22.9 Å². The molecule has 0 saturated heterocycles. The first kappa shape index (κ1) is 11.2. The smallest absolute Gasteiger partial charge is 0.164 e. The summed E-state index contributed by atoms with van der Waals surface area (Å²) in [5.41, 5.74) is 0. The summed E-state index contributed by atoms with van der Waals surface area (Å²) >= 11 is 7.47. The largest absolute Gasteiger partial charge is 0.307 e. The van der Waals surface area contributed by atoms with Crippen molar-refractivity contribution in [1.29, 1.82) is 0 Å². The van der Waals surface area contributed by atoms with E-state index in [2.05, 4.69) is 15.4 Å². The molecule has 17 heavy (non-hydrogen) atoms. The summed E-state index contributed by atoms with van der Waals surface area (Å²) in [5, 5.41) is 7.82. The topological polar surface area (TPSA) is 42.7 Å². The zero-order valence-electron chi connectivity index (χ0n) is 9.27. The summed E-state index contributed by atoms with van der Waals surface area (Å²) in [4.78, 5) is 5.48. The number of aromatic nitrogens is 3. The molecule has 0 bridgehead atoms. The van der Waals surface area contributed by atoms with Crippen molar-refractivity contribution in [3.8, 4) is 0 Å². The molecule has 0 aromatic carbocycles. The summed E-state index contributed by atoms with van der Waals surface area (Å²) < 4.78 is 2.67. The molecule has 4 nitrogen and oxygen atoms in total. The molecule has 0 aliphatic heterocycles. The van der Waals surface area contributed by atoms with Gasteiger partial charge in [0.15, 0.2) is 5.82 Å². The summed E-state index contributed by atoms with van der Waals surface area (Å²) in [7, 11) is 0. The molecule has 6 heteroatoms. The van der Waals surface area contributed by atoms with Crippen LogP contribution in [0.4, 0.5) is 0 Å². The zero-order chi connectivity index (χ0) is 11.7. The Balaban J connectivity index is 1.59. The Morgan fingerprint density at radius 3 is 3.06 bits per heavy atom. The Bertz CT molecular complexity index is 503. The van der Waals surface area contributed by atoms with Crippen LogP contribution in [0.15, 0.2) is 18.5 Å². The zero-order valence-corrected chi connectivity index (χ0v) is 10.8. The van der Waals surface area contributed by atoms with E-state index in [0.29, 0.717) is 6.04 Å². The van der Waals surface area contributed by atoms with Crippen LogP contribution in [0, 0.1) is 0 Å². The van der Waals surface area contributed by atoms with Crippen LogP contribution in [0.1, 0.15) is 23.5 Å². The Labute approximate surface area is 109 Å². The average molecular weight is 269 g/mol. The fourth-order valence-corrected chi connectivity index (χ4v) is 2.69. The third kappa shape index (κ3) is 3.06. The lowest BCUT2D eigenvalue weighted by atomic mass is 10.5. The summed E-state index contributed by atoms with van der Waals surface area (Å²) in [6.07, 6.45) is 4.35. The van der Waals surface area contributed by atoms with E-state index in [1.54, 1.807) is 17.7 Å². The molecule has 0 unspecified atom stereocenters. The van der Waals surface area contributed by atoms with Crippen LogP contribution in [-0.4, -0.2) is 20.8 Å². The van der Waals surface area contributed by atoms with E-state index in [1.807, 2.05) is 16.8 Å². The van der Waals surface area contributed by atoms with E-state index in [0.717, 1.165) is 23.3 Å². The van der Waals surface area contributed by atoms with Gasteiger partial charge in [-0.1, -0.05) is 11.6 Å². The quantitative estimate of drug-likeness (QED) is 0.905. The summed E-state index contributed by atoms with van der Waals surface area (Å²) in [6, 6.07) is 4.63. The van der Waals surface area contributed by atoms with Gasteiger partial charge in [0.05, 0.1) is 17.4 Å². The number of thiophene rings is 1. The Morgan fingerprint density at radius 2 is 2.35 bits per heavy atom. The maximum Gasteiger partial charge on any atom is 0.164 e. The number of hydrogen-bond acceptors (Lipinski definition) is 4. The molecule has 2 aromatic heterocycles. The third-order valence-corrected chi connectivity index (χ3v) is 3.87. The molecule has 2 aromatic rings. The van der Waals surface area contributed by atoms with Gasteiger partial charge in [-0.15, -0.1) is 11.3 Å². The van der Waals surface area contributed by atoms with Gasteiger partial charge in [-0.05, 0) is 25.0 Å². The van der Waals surface area contributed by atoms with Crippen LogP contribution in [-0.2, 0) is 13.1 Å². The molecule has 0 radical (unpaired) electrons. The third-order valence-electron chi connectivity index (χ3n) is 2.66. The van der Waals surface area contributed by atoms with E-state index >= 15 is 0 Å². The van der Waals surface area contributed by atoms with Crippen molar-refractivity contribution in [2.75, 3.05) is 0 Å². The van der Waals surface area contributed by atoms with Crippen LogP contribution < -0.4 is 5.32 Å². The second kappa shape index (κ2) is 4.76. The number of nitrogens with one attached hydrogen (secondary N) is 1. The van der Waals surface area contributed by atoms with Crippen molar-refractivity contribution in [1.82, 2.24) is 20.1 Å². The second-order valence-corrected chi connectivity index (χ2v) is 6.02. The van der Waals surface area contributed by atoms with Crippen molar-refractivity contribution < 1.29 is 0 Å². The van der Waals surface area contributed by atoms with E-state index in [4.69, 9.17) is 11.6 Å². The van der Waals surface area contributed by atoms with Crippen LogP contribution in [0.5, 0.6) is 0 Å². The van der Waals surface area contributed by atoms with Gasteiger partial charge in [-0.3, -0.25) is 0 Å². The standard InChI is InChI=1S/C11H13ClN4S/c12-10-4-3-9(17-10)6-16-7-14-11(15-16)5-13-8-1-2-8/h3-4,7-8,13H,1-2,5-6H2. The molecular weight excluding hydrogens is 256 g/mol. The molecule has 1 N–H and O–H groups in total. The number of hydrogen-bond donors (Lipinski definition) is 1. The van der Waals surface area contributed by atoms with Crippen LogP contribution in [0.25, 0.3) is 0 Å². The molecule has 1 saturated carbocycles. The summed E-state index contributed by atoms with van der Waals surface area (Å²) in [6.45, 7) is 1.51. The minimum absolute atomic E-state index is 0.693. The Kier molecular flexibility index (Phi) is 3.13. The van der Waals surface area contributed by atoms with Gasteiger partial charge in [0.2, 0.25) is 0 Å². The SMILES string of the molecule is Clc1ccc(Cn2cnc(CNC3CC3)n2)s1. The molecule has 2 heterocycles. The van der Waals surface area contributed by atoms with Gasteiger partial charge in [0.25, 0.3) is 0 Å². The highest BCUT2D eigenvalue weighted by Crippen LogP contribution is 2.22. The lowest BCUT2D eigenvalue weighted by molar-refractivity contribution is 0.630. The fraction of sp³-hybridized carbons (Fsp3) is 0.455. The fourth-order valence-electron chi connectivity index (χ4n) is 1.61. The molecule has 0 spiro atoms. The van der Waals surface area contributed by atoms with E-state index in [-0.39, 0.29) is 0 Å². The molecule has 1 aliphatic carbocycles. The minimum atomic E-state index is 0.693. The van der Waals surface area contributed by atoms with Gasteiger partial charge >= 0.3 is 0 Å². The first-order valence-corrected chi connectivity index (χ1v) is 6.85. The minimum Gasteiger partial charge on any atom is -0.307 e. The Morgan fingerprint density at radius 1 is 1.47 bits per heavy atom. The van der Waals surface area contributed by atoms with Gasteiger partial charge in [0.1, 0.15) is 6.33 Å². The number of rotatable bonds is 5. The van der Waals surface area contributed by atoms with Crippen molar-refractivity contribution in [3.05, 3.63) is 33.5 Å². The molecule has 0 amide bonds. The van der Waals surface area contributed by atoms with Gasteiger partial charge < -0.3 is 5.32 Å². The first-order valence-electron chi connectivity index (χ1n) is 5.65. The highest BCUT2D eigenvalue weighted by Gasteiger charge is 2.20. The van der Waals surface area contributed by atoms with E-state index in [9.17, 15) is 0 Å². The predicted octanol–water partition coefficient (Wildman–Crippen LogP) is 2.29. The Hall–Kier alpha value is -0.910. The highest BCUT2D eigenvalue weighted by atomic mass is 35.5. The number of halogens is 1. The van der Waals surface area contributed by atoms with Crippen LogP contribution in [0.2, 0.25) is 4.34 Å². The van der Waals surface area contributed by atoms with Crippen molar-refractivity contribution in [2.45, 2.75) is 32.0 Å². The number of nitrogens with zero attached hydrogens (tertiary/aromatic N) is 3. The van der Waals surface area contributed by atoms with Crippen LogP contribution >= 0.6 is 22.9 Å².